The minimum atomic E-state index is -0.755. The second-order valence-corrected chi connectivity index (χ2v) is 6.88. The zero-order valence-electron chi connectivity index (χ0n) is 15.3. The fraction of sp³-hybridized carbons (Fsp3) is 0.526. The van der Waals surface area contributed by atoms with Crippen molar-refractivity contribution in [2.75, 3.05) is 6.61 Å². The molecule has 1 saturated heterocycles. The van der Waals surface area contributed by atoms with Gasteiger partial charge >= 0.3 is 5.97 Å². The number of imide groups is 1. The quantitative estimate of drug-likeness (QED) is 0.608. The van der Waals surface area contributed by atoms with Crippen LogP contribution in [0.2, 0.25) is 0 Å². The van der Waals surface area contributed by atoms with Gasteiger partial charge in [-0.3, -0.25) is 19.7 Å². The van der Waals surface area contributed by atoms with Gasteiger partial charge in [0.2, 0.25) is 11.8 Å². The Balaban J connectivity index is 0.000000370. The van der Waals surface area contributed by atoms with E-state index in [1.54, 1.807) is 13.8 Å². The molecule has 0 unspecified atom stereocenters. The Morgan fingerprint density at radius 3 is 2.28 bits per heavy atom. The number of amides is 2. The van der Waals surface area contributed by atoms with Gasteiger partial charge in [-0.15, -0.1) is 0 Å². The van der Waals surface area contributed by atoms with Gasteiger partial charge in [-0.1, -0.05) is 12.1 Å². The minimum absolute atomic E-state index is 0.148. The zero-order chi connectivity index (χ0) is 19.0. The lowest BCUT2D eigenvalue weighted by Gasteiger charge is -2.19. The molecule has 0 bridgehead atoms. The monoisotopic (exact) mass is 349 g/mol. The molecular weight excluding hydrogens is 322 g/mol. The van der Waals surface area contributed by atoms with Crippen LogP contribution in [0.25, 0.3) is 0 Å². The molecule has 138 valence electrons. The van der Waals surface area contributed by atoms with Gasteiger partial charge in [-0.25, -0.2) is 0 Å². The highest BCUT2D eigenvalue weighted by Crippen LogP contribution is 2.24. The highest BCUT2D eigenvalue weighted by Gasteiger charge is 2.26. The van der Waals surface area contributed by atoms with Crippen molar-refractivity contribution in [2.45, 2.75) is 53.4 Å². The van der Waals surface area contributed by atoms with E-state index in [1.807, 2.05) is 26.0 Å². The summed E-state index contributed by atoms with van der Waals surface area (Å²) in [5.41, 5.74) is 1.60. The van der Waals surface area contributed by atoms with E-state index in [1.165, 1.54) is 5.56 Å². The topological polar surface area (TPSA) is 92.7 Å². The lowest BCUT2D eigenvalue weighted by atomic mass is 9.88. The summed E-state index contributed by atoms with van der Waals surface area (Å²) in [6.07, 6.45) is 2.11. The molecule has 0 saturated carbocycles. The van der Waals surface area contributed by atoms with Crippen molar-refractivity contribution < 1.29 is 24.2 Å². The van der Waals surface area contributed by atoms with Crippen LogP contribution in [-0.2, 0) is 14.4 Å². The first-order valence-electron chi connectivity index (χ1n) is 8.38. The molecule has 0 spiro atoms. The maximum Gasteiger partial charge on any atom is 0.309 e. The Hall–Kier alpha value is -2.37. The van der Waals surface area contributed by atoms with Crippen molar-refractivity contribution >= 4 is 17.8 Å². The van der Waals surface area contributed by atoms with E-state index in [-0.39, 0.29) is 11.8 Å². The number of hydrogen-bond donors (Lipinski definition) is 2. The van der Waals surface area contributed by atoms with Crippen molar-refractivity contribution in [2.24, 2.45) is 5.41 Å². The second kappa shape index (κ2) is 9.20. The zero-order valence-corrected chi connectivity index (χ0v) is 15.3. The van der Waals surface area contributed by atoms with Crippen molar-refractivity contribution in [1.82, 2.24) is 5.32 Å². The predicted molar refractivity (Wildman–Crippen MR) is 94.4 cm³/mol. The van der Waals surface area contributed by atoms with E-state index >= 15 is 0 Å². The first kappa shape index (κ1) is 20.7. The molecular formula is C19H27NO5. The first-order valence-corrected chi connectivity index (χ1v) is 8.38. The normalized spacial score (nSPS) is 13.8. The van der Waals surface area contributed by atoms with Gasteiger partial charge in [0.05, 0.1) is 12.0 Å². The van der Waals surface area contributed by atoms with Crippen LogP contribution in [0.15, 0.2) is 18.2 Å². The van der Waals surface area contributed by atoms with E-state index in [0.29, 0.717) is 25.9 Å². The summed E-state index contributed by atoms with van der Waals surface area (Å²) in [6.45, 7) is 8.08. The third kappa shape index (κ3) is 7.37. The van der Waals surface area contributed by atoms with Crippen molar-refractivity contribution in [3.63, 3.8) is 0 Å². The van der Waals surface area contributed by atoms with Crippen LogP contribution >= 0.6 is 0 Å². The van der Waals surface area contributed by atoms with Crippen LogP contribution in [0.1, 0.15) is 50.7 Å². The number of ether oxygens (including phenoxy) is 1. The Labute approximate surface area is 148 Å². The number of benzene rings is 1. The molecule has 2 amide bonds. The van der Waals surface area contributed by atoms with E-state index in [4.69, 9.17) is 9.84 Å². The molecule has 1 aliphatic heterocycles. The molecule has 25 heavy (non-hydrogen) atoms. The summed E-state index contributed by atoms with van der Waals surface area (Å²) in [5.74, 6) is -0.160. The summed E-state index contributed by atoms with van der Waals surface area (Å²) in [6, 6.07) is 6.10. The van der Waals surface area contributed by atoms with Crippen molar-refractivity contribution in [1.29, 1.82) is 0 Å². The molecule has 1 aromatic rings. The van der Waals surface area contributed by atoms with Crippen LogP contribution in [0, 0.1) is 19.3 Å². The molecule has 2 rings (SSSR count). The highest BCUT2D eigenvalue weighted by molar-refractivity contribution is 6.01. The fourth-order valence-corrected chi connectivity index (χ4v) is 2.17. The Bertz CT molecular complexity index is 623. The Morgan fingerprint density at radius 1 is 1.20 bits per heavy atom. The largest absolute Gasteiger partial charge is 0.493 e. The number of carbonyl (C=O) groups excluding carboxylic acids is 2. The van der Waals surface area contributed by atoms with Gasteiger partial charge in [0.1, 0.15) is 5.75 Å². The van der Waals surface area contributed by atoms with Gasteiger partial charge < -0.3 is 9.84 Å². The fourth-order valence-electron chi connectivity index (χ4n) is 2.17. The van der Waals surface area contributed by atoms with Crippen LogP contribution in [0.3, 0.4) is 0 Å². The summed E-state index contributed by atoms with van der Waals surface area (Å²) in [7, 11) is 0. The van der Waals surface area contributed by atoms with Crippen LogP contribution in [0.5, 0.6) is 5.75 Å². The molecule has 1 aromatic carbocycles. The number of hydrogen-bond acceptors (Lipinski definition) is 4. The average molecular weight is 349 g/mol. The molecule has 1 heterocycles. The first-order chi connectivity index (χ1) is 11.6. The average Bonchev–Trinajstić information content (AvgIpc) is 2.90. The molecule has 0 atom stereocenters. The number of aliphatic carboxylic acids is 1. The Morgan fingerprint density at radius 2 is 1.80 bits per heavy atom. The summed E-state index contributed by atoms with van der Waals surface area (Å²) >= 11 is 0. The van der Waals surface area contributed by atoms with E-state index < -0.39 is 11.4 Å². The van der Waals surface area contributed by atoms with Crippen molar-refractivity contribution in [3.8, 4) is 5.75 Å². The standard InChI is InChI=1S/C15H22O3.C4H5NO2/c1-11-6-7-12(2)13(10-11)18-9-5-8-15(3,4)14(16)17;6-3-1-2-4(7)5-3/h6-7,10H,5,8-9H2,1-4H3,(H,16,17);1-2H2,(H,5,6,7). The van der Waals surface area contributed by atoms with Crippen LogP contribution in [-0.4, -0.2) is 29.5 Å². The molecule has 1 fully saturated rings. The number of rotatable bonds is 6. The molecule has 0 aliphatic carbocycles. The van der Waals surface area contributed by atoms with E-state index in [9.17, 15) is 14.4 Å². The maximum absolute atomic E-state index is 10.9. The third-order valence-electron chi connectivity index (χ3n) is 3.98. The van der Waals surface area contributed by atoms with Gasteiger partial charge in [-0.2, -0.15) is 0 Å². The number of nitrogens with one attached hydrogen (secondary N) is 1. The Kier molecular flexibility index (Phi) is 7.61. The van der Waals surface area contributed by atoms with Crippen LogP contribution < -0.4 is 10.1 Å². The lowest BCUT2D eigenvalue weighted by molar-refractivity contribution is -0.147. The smallest absolute Gasteiger partial charge is 0.309 e. The number of carboxylic acids is 1. The molecule has 6 nitrogen and oxygen atoms in total. The van der Waals surface area contributed by atoms with Gasteiger partial charge in [0.25, 0.3) is 0 Å². The van der Waals surface area contributed by atoms with Crippen molar-refractivity contribution in [3.05, 3.63) is 29.3 Å². The number of carboxylic acid groups (broad SMARTS) is 1. The number of aryl methyl sites for hydroxylation is 2. The summed E-state index contributed by atoms with van der Waals surface area (Å²) < 4.78 is 5.70. The minimum Gasteiger partial charge on any atom is -0.493 e. The van der Waals surface area contributed by atoms with E-state index in [0.717, 1.165) is 17.7 Å². The molecule has 2 N–H and O–H groups in total. The summed E-state index contributed by atoms with van der Waals surface area (Å²) in [5, 5.41) is 11.1. The SMILES string of the molecule is Cc1ccc(C)c(OCCCC(C)(C)C(=O)O)c1.O=C1CCC(=O)N1. The molecule has 0 radical (unpaired) electrons. The van der Waals surface area contributed by atoms with Gasteiger partial charge in [0.15, 0.2) is 0 Å². The van der Waals surface area contributed by atoms with E-state index in [2.05, 4.69) is 11.4 Å². The number of carbonyl (C=O) groups is 3. The predicted octanol–water partition coefficient (Wildman–Crippen LogP) is 3.00. The van der Waals surface area contributed by atoms with Gasteiger partial charge in [-0.05, 0) is 57.7 Å². The summed E-state index contributed by atoms with van der Waals surface area (Å²) in [4.78, 5) is 31.2. The second-order valence-electron chi connectivity index (χ2n) is 6.88. The lowest BCUT2D eigenvalue weighted by Crippen LogP contribution is -2.24. The highest BCUT2D eigenvalue weighted by atomic mass is 16.5. The molecule has 1 aliphatic rings. The van der Waals surface area contributed by atoms with Gasteiger partial charge in [0, 0.05) is 12.8 Å². The third-order valence-corrected chi connectivity index (χ3v) is 3.98. The van der Waals surface area contributed by atoms with Crippen LogP contribution in [0.4, 0.5) is 0 Å². The molecule has 6 heteroatoms. The molecule has 0 aromatic heterocycles. The maximum atomic E-state index is 10.9.